The molecule has 0 aliphatic carbocycles. The van der Waals surface area contributed by atoms with Crippen molar-refractivity contribution >= 4 is 6.09 Å². The van der Waals surface area contributed by atoms with E-state index in [1.54, 1.807) is 4.90 Å². The lowest BCUT2D eigenvalue weighted by atomic mass is 9.73. The second-order valence-corrected chi connectivity index (χ2v) is 6.39. The van der Waals surface area contributed by atoms with Crippen molar-refractivity contribution in [2.45, 2.75) is 46.6 Å². The van der Waals surface area contributed by atoms with Crippen LogP contribution in [-0.2, 0) is 4.74 Å². The number of ether oxygens (including phenoxy) is 1. The van der Waals surface area contributed by atoms with Gasteiger partial charge in [-0.25, -0.2) is 4.79 Å². The van der Waals surface area contributed by atoms with Crippen LogP contribution in [0.25, 0.3) is 0 Å². The van der Waals surface area contributed by atoms with E-state index in [9.17, 15) is 9.90 Å². The Morgan fingerprint density at radius 1 is 1.53 bits per heavy atom. The number of hydrogen-bond donors (Lipinski definition) is 1. The summed E-state index contributed by atoms with van der Waals surface area (Å²) in [5.74, 6) is 0.286. The summed E-state index contributed by atoms with van der Waals surface area (Å²) < 4.78 is 5.35. The Kier molecular flexibility index (Phi) is 4.07. The number of rotatable bonds is 1. The Bertz CT molecular complexity index is 285. The molecular formula is C13H25NO3. The van der Waals surface area contributed by atoms with Crippen molar-refractivity contribution in [3.63, 3.8) is 0 Å². The Morgan fingerprint density at radius 2 is 2.12 bits per heavy atom. The molecule has 1 fully saturated rings. The lowest BCUT2D eigenvalue weighted by Gasteiger charge is -2.43. The van der Waals surface area contributed by atoms with Gasteiger partial charge in [-0.2, -0.15) is 0 Å². The van der Waals surface area contributed by atoms with E-state index >= 15 is 0 Å². The summed E-state index contributed by atoms with van der Waals surface area (Å²) in [4.78, 5) is 13.6. The molecule has 2 unspecified atom stereocenters. The Balaban J connectivity index is 2.58. The molecule has 1 saturated heterocycles. The first-order chi connectivity index (χ1) is 7.68. The van der Waals surface area contributed by atoms with E-state index in [0.717, 1.165) is 6.42 Å². The van der Waals surface area contributed by atoms with Gasteiger partial charge in [0.25, 0.3) is 0 Å². The zero-order valence-corrected chi connectivity index (χ0v) is 11.6. The van der Waals surface area contributed by atoms with E-state index < -0.39 is 5.60 Å². The molecule has 0 aromatic carbocycles. The van der Waals surface area contributed by atoms with Gasteiger partial charge in [-0.3, -0.25) is 0 Å². The van der Waals surface area contributed by atoms with Crippen molar-refractivity contribution in [1.82, 2.24) is 4.90 Å². The third-order valence-corrected chi connectivity index (χ3v) is 3.65. The zero-order chi connectivity index (χ0) is 13.3. The maximum atomic E-state index is 11.9. The van der Waals surface area contributed by atoms with Gasteiger partial charge in [0, 0.05) is 19.7 Å². The molecule has 0 radical (unpaired) electrons. The third kappa shape index (κ3) is 3.60. The largest absolute Gasteiger partial charge is 0.444 e. The highest BCUT2D eigenvalue weighted by Gasteiger charge is 2.38. The second kappa shape index (κ2) is 4.84. The highest BCUT2D eigenvalue weighted by atomic mass is 16.6. The number of nitrogens with zero attached hydrogens (tertiary/aromatic N) is 1. The van der Waals surface area contributed by atoms with Crippen molar-refractivity contribution < 1.29 is 14.6 Å². The van der Waals surface area contributed by atoms with Crippen LogP contribution < -0.4 is 0 Å². The van der Waals surface area contributed by atoms with E-state index in [1.807, 2.05) is 20.8 Å². The first-order valence-electron chi connectivity index (χ1n) is 6.27. The van der Waals surface area contributed by atoms with Crippen LogP contribution in [0.4, 0.5) is 4.79 Å². The minimum atomic E-state index is -0.446. The van der Waals surface area contributed by atoms with Crippen molar-refractivity contribution in [1.29, 1.82) is 0 Å². The molecule has 1 rings (SSSR count). The lowest BCUT2D eigenvalue weighted by Crippen LogP contribution is -2.50. The van der Waals surface area contributed by atoms with Gasteiger partial charge in [0.1, 0.15) is 5.60 Å². The highest BCUT2D eigenvalue weighted by molar-refractivity contribution is 5.68. The molecule has 1 amide bonds. The lowest BCUT2D eigenvalue weighted by molar-refractivity contribution is -0.0173. The maximum Gasteiger partial charge on any atom is 0.410 e. The Labute approximate surface area is 104 Å². The molecule has 0 bridgehead atoms. The SMILES string of the molecule is CC1CN(C(=O)OC(C)(C)C)CCC1(C)CO. The van der Waals surface area contributed by atoms with E-state index in [4.69, 9.17) is 4.74 Å². The second-order valence-electron chi connectivity index (χ2n) is 6.39. The summed E-state index contributed by atoms with van der Waals surface area (Å²) in [6.45, 7) is 11.3. The number of carbonyl (C=O) groups is 1. The van der Waals surface area contributed by atoms with Crippen molar-refractivity contribution in [2.24, 2.45) is 11.3 Å². The Morgan fingerprint density at radius 3 is 2.53 bits per heavy atom. The van der Waals surface area contributed by atoms with Crippen LogP contribution in [0.1, 0.15) is 41.0 Å². The molecule has 2 atom stereocenters. The minimum Gasteiger partial charge on any atom is -0.444 e. The Hall–Kier alpha value is -0.770. The molecule has 17 heavy (non-hydrogen) atoms. The smallest absolute Gasteiger partial charge is 0.410 e. The number of hydrogen-bond acceptors (Lipinski definition) is 3. The topological polar surface area (TPSA) is 49.8 Å². The standard InChI is InChI=1S/C13H25NO3/c1-10-8-14(7-6-13(10,5)9-15)11(16)17-12(2,3)4/h10,15H,6-9H2,1-5H3. The molecule has 0 aromatic heterocycles. The predicted molar refractivity (Wildman–Crippen MR) is 66.8 cm³/mol. The third-order valence-electron chi connectivity index (χ3n) is 3.65. The molecule has 1 aliphatic rings. The first kappa shape index (κ1) is 14.3. The predicted octanol–water partition coefficient (Wildman–Crippen LogP) is 2.26. The molecule has 4 nitrogen and oxygen atoms in total. The van der Waals surface area contributed by atoms with Gasteiger partial charge < -0.3 is 14.7 Å². The maximum absolute atomic E-state index is 11.9. The quantitative estimate of drug-likeness (QED) is 0.768. The minimum absolute atomic E-state index is 0.0709. The summed E-state index contributed by atoms with van der Waals surface area (Å²) in [5.41, 5.74) is -0.517. The van der Waals surface area contributed by atoms with Crippen LogP contribution in [0.15, 0.2) is 0 Å². The van der Waals surface area contributed by atoms with Gasteiger partial charge in [-0.15, -0.1) is 0 Å². The molecule has 0 saturated carbocycles. The molecule has 1 heterocycles. The number of amides is 1. The van der Waals surface area contributed by atoms with Crippen LogP contribution in [0.3, 0.4) is 0 Å². The number of aliphatic hydroxyl groups is 1. The summed E-state index contributed by atoms with van der Waals surface area (Å²) in [6.07, 6.45) is 0.577. The zero-order valence-electron chi connectivity index (χ0n) is 11.6. The molecule has 1 N–H and O–H groups in total. The molecule has 100 valence electrons. The first-order valence-corrected chi connectivity index (χ1v) is 6.27. The van der Waals surface area contributed by atoms with Crippen LogP contribution in [-0.4, -0.2) is 41.4 Å². The van der Waals surface area contributed by atoms with Gasteiger partial charge in [-0.05, 0) is 38.5 Å². The van der Waals surface area contributed by atoms with Gasteiger partial charge in [0.15, 0.2) is 0 Å². The van der Waals surface area contributed by atoms with Gasteiger partial charge in [0.05, 0.1) is 0 Å². The number of carbonyl (C=O) groups excluding carboxylic acids is 1. The molecule has 0 aromatic rings. The number of aliphatic hydroxyl groups excluding tert-OH is 1. The summed E-state index contributed by atoms with van der Waals surface area (Å²) in [6, 6.07) is 0. The van der Waals surface area contributed by atoms with Crippen LogP contribution in [0.2, 0.25) is 0 Å². The monoisotopic (exact) mass is 243 g/mol. The average Bonchev–Trinajstić information content (AvgIpc) is 2.19. The molecule has 1 aliphatic heterocycles. The van der Waals surface area contributed by atoms with Gasteiger partial charge in [0.2, 0.25) is 0 Å². The highest BCUT2D eigenvalue weighted by Crippen LogP contribution is 2.35. The van der Waals surface area contributed by atoms with E-state index in [-0.39, 0.29) is 24.0 Å². The van der Waals surface area contributed by atoms with Crippen LogP contribution in [0, 0.1) is 11.3 Å². The van der Waals surface area contributed by atoms with Crippen LogP contribution >= 0.6 is 0 Å². The van der Waals surface area contributed by atoms with Crippen molar-refractivity contribution in [2.75, 3.05) is 19.7 Å². The number of piperidine rings is 1. The van der Waals surface area contributed by atoms with E-state index in [1.165, 1.54) is 0 Å². The molecule has 4 heteroatoms. The van der Waals surface area contributed by atoms with Crippen molar-refractivity contribution in [3.05, 3.63) is 0 Å². The summed E-state index contributed by atoms with van der Waals surface area (Å²) in [5, 5.41) is 9.40. The number of likely N-dealkylation sites (tertiary alicyclic amines) is 1. The van der Waals surface area contributed by atoms with Crippen molar-refractivity contribution in [3.8, 4) is 0 Å². The fourth-order valence-electron chi connectivity index (χ4n) is 2.01. The fraction of sp³-hybridized carbons (Fsp3) is 0.923. The molecular weight excluding hydrogens is 218 g/mol. The fourth-order valence-corrected chi connectivity index (χ4v) is 2.01. The summed E-state index contributed by atoms with van der Waals surface area (Å²) >= 11 is 0. The van der Waals surface area contributed by atoms with Gasteiger partial charge in [-0.1, -0.05) is 13.8 Å². The van der Waals surface area contributed by atoms with Gasteiger partial charge >= 0.3 is 6.09 Å². The van der Waals surface area contributed by atoms with Crippen LogP contribution in [0.5, 0.6) is 0 Å². The normalized spacial score (nSPS) is 30.2. The van der Waals surface area contributed by atoms with E-state index in [2.05, 4.69) is 13.8 Å². The summed E-state index contributed by atoms with van der Waals surface area (Å²) in [7, 11) is 0. The molecule has 0 spiro atoms. The average molecular weight is 243 g/mol. The van der Waals surface area contributed by atoms with E-state index in [0.29, 0.717) is 13.1 Å².